The molecule has 0 radical (unpaired) electrons. The van der Waals surface area contributed by atoms with Gasteiger partial charge in [-0.3, -0.25) is 9.78 Å². The van der Waals surface area contributed by atoms with Crippen LogP contribution in [0.3, 0.4) is 0 Å². The van der Waals surface area contributed by atoms with Crippen molar-refractivity contribution in [1.82, 2.24) is 14.5 Å². The van der Waals surface area contributed by atoms with Gasteiger partial charge < -0.3 is 9.30 Å². The molecule has 2 aromatic heterocycles. The van der Waals surface area contributed by atoms with Crippen molar-refractivity contribution in [2.75, 3.05) is 7.11 Å². The number of H-pyrrole nitrogens is 1. The average molecular weight is 402 g/mol. The highest BCUT2D eigenvalue weighted by atomic mass is 19.1. The molecule has 0 amide bonds. The molecule has 0 bridgehead atoms. The van der Waals surface area contributed by atoms with Crippen LogP contribution in [-0.2, 0) is 6.42 Å². The highest BCUT2D eigenvalue weighted by Crippen LogP contribution is 2.31. The van der Waals surface area contributed by atoms with Crippen molar-refractivity contribution >= 4 is 5.69 Å². The number of aromatic amines is 1. The number of pyridine rings is 1. The molecule has 29 heavy (non-hydrogen) atoms. The molecule has 3 heterocycles. The summed E-state index contributed by atoms with van der Waals surface area (Å²) in [5, 5.41) is 0. The van der Waals surface area contributed by atoms with Crippen molar-refractivity contribution in [2.24, 2.45) is 4.99 Å². The summed E-state index contributed by atoms with van der Waals surface area (Å²) in [5.41, 5.74) is 0.628. The van der Waals surface area contributed by atoms with E-state index >= 15 is 0 Å². The Labute approximate surface area is 163 Å². The number of rotatable bonds is 3. The zero-order valence-corrected chi connectivity index (χ0v) is 15.7. The van der Waals surface area contributed by atoms with Crippen LogP contribution in [0.25, 0.3) is 0 Å². The highest BCUT2D eigenvalue weighted by Gasteiger charge is 2.29. The van der Waals surface area contributed by atoms with Gasteiger partial charge in [0.25, 0.3) is 5.56 Å². The summed E-state index contributed by atoms with van der Waals surface area (Å²) >= 11 is 0. The summed E-state index contributed by atoms with van der Waals surface area (Å²) in [6.07, 6.45) is 0.611. The minimum absolute atomic E-state index is 0.0774. The van der Waals surface area contributed by atoms with Gasteiger partial charge in [0.05, 0.1) is 30.2 Å². The summed E-state index contributed by atoms with van der Waals surface area (Å²) in [7, 11) is 1.49. The monoisotopic (exact) mass is 402 g/mol. The second-order valence-electron chi connectivity index (χ2n) is 6.74. The summed E-state index contributed by atoms with van der Waals surface area (Å²) in [6.45, 7) is 1.72. The lowest BCUT2D eigenvalue weighted by atomic mass is 10.0. The quantitative estimate of drug-likeness (QED) is 0.732. The van der Waals surface area contributed by atoms with E-state index in [9.17, 15) is 18.0 Å². The second-order valence-corrected chi connectivity index (χ2v) is 6.74. The first-order chi connectivity index (χ1) is 13.9. The van der Waals surface area contributed by atoms with Gasteiger partial charge in [-0.2, -0.15) is 4.39 Å². The number of fused-ring (bicyclic) bond motifs is 1. The van der Waals surface area contributed by atoms with Gasteiger partial charge in [-0.05, 0) is 43.5 Å². The maximum Gasteiger partial charge on any atom is 0.288 e. The molecular formula is C20H17F3N4O2. The molecule has 6 nitrogen and oxygen atoms in total. The first-order valence-corrected chi connectivity index (χ1v) is 8.93. The summed E-state index contributed by atoms with van der Waals surface area (Å²) < 4.78 is 48.5. The first-order valence-electron chi connectivity index (χ1n) is 8.93. The van der Waals surface area contributed by atoms with Crippen LogP contribution in [0.5, 0.6) is 5.88 Å². The van der Waals surface area contributed by atoms with E-state index in [0.29, 0.717) is 29.2 Å². The molecule has 1 aliphatic heterocycles. The highest BCUT2D eigenvalue weighted by molar-refractivity contribution is 5.43. The molecule has 3 aromatic rings. The predicted molar refractivity (Wildman–Crippen MR) is 98.6 cm³/mol. The van der Waals surface area contributed by atoms with Crippen molar-refractivity contribution in [3.05, 3.63) is 80.7 Å². The number of nitrogens with zero attached hydrogens (tertiary/aromatic N) is 3. The molecular weight excluding hydrogens is 385 g/mol. The fraction of sp³-hybridized carbons (Fsp3) is 0.250. The third kappa shape index (κ3) is 3.43. The number of nitrogens with one attached hydrogen (secondary N) is 1. The van der Waals surface area contributed by atoms with Crippen LogP contribution in [0.4, 0.5) is 18.9 Å². The van der Waals surface area contributed by atoms with Gasteiger partial charge in [0.15, 0.2) is 0 Å². The Morgan fingerprint density at radius 3 is 2.59 bits per heavy atom. The van der Waals surface area contributed by atoms with Crippen molar-refractivity contribution in [3.8, 4) is 5.88 Å². The van der Waals surface area contributed by atoms with Crippen molar-refractivity contribution in [1.29, 1.82) is 0 Å². The topological polar surface area (TPSA) is 72.3 Å². The summed E-state index contributed by atoms with van der Waals surface area (Å²) in [6, 6.07) is 5.85. The molecule has 1 aromatic carbocycles. The van der Waals surface area contributed by atoms with E-state index in [1.54, 1.807) is 19.1 Å². The van der Waals surface area contributed by atoms with E-state index in [1.165, 1.54) is 23.8 Å². The number of halogens is 3. The number of hydrogen-bond acceptors (Lipinski definition) is 4. The van der Waals surface area contributed by atoms with Crippen molar-refractivity contribution in [3.63, 3.8) is 0 Å². The van der Waals surface area contributed by atoms with E-state index in [-0.39, 0.29) is 17.7 Å². The van der Waals surface area contributed by atoms with Gasteiger partial charge in [-0.25, -0.2) is 18.8 Å². The Bertz CT molecular complexity index is 1210. The van der Waals surface area contributed by atoms with E-state index in [0.717, 1.165) is 6.07 Å². The Morgan fingerprint density at radius 1 is 1.21 bits per heavy atom. The summed E-state index contributed by atoms with van der Waals surface area (Å²) in [5.74, 6) is -1.98. The SMILES string of the molecule is COc1ccc(/N=c2\[nH]c(=O)c(F)c3n2C(c2cc(F)cc(F)c2)CC3)c(C)n1. The number of benzene rings is 1. The molecule has 1 unspecified atom stereocenters. The normalized spacial score (nSPS) is 16.2. The molecule has 0 aliphatic carbocycles. The Hall–Kier alpha value is -3.36. The largest absolute Gasteiger partial charge is 0.481 e. The first kappa shape index (κ1) is 19.0. The second kappa shape index (κ2) is 7.23. The van der Waals surface area contributed by atoms with Crippen LogP contribution < -0.4 is 15.9 Å². The number of ether oxygens (including phenoxy) is 1. The van der Waals surface area contributed by atoms with Gasteiger partial charge in [0.2, 0.25) is 17.3 Å². The predicted octanol–water partition coefficient (Wildman–Crippen LogP) is 3.07. The molecule has 1 aliphatic rings. The van der Waals surface area contributed by atoms with Crippen molar-refractivity contribution in [2.45, 2.75) is 25.8 Å². The lowest BCUT2D eigenvalue weighted by molar-refractivity contribution is 0.397. The lowest BCUT2D eigenvalue weighted by Crippen LogP contribution is -2.35. The maximum atomic E-state index is 14.5. The molecule has 0 saturated carbocycles. The van der Waals surface area contributed by atoms with Gasteiger partial charge in [-0.1, -0.05) is 0 Å². The van der Waals surface area contributed by atoms with Crippen LogP contribution in [0.2, 0.25) is 0 Å². The van der Waals surface area contributed by atoms with Gasteiger partial charge >= 0.3 is 0 Å². The Balaban J connectivity index is 1.94. The van der Waals surface area contributed by atoms with E-state index in [1.807, 2.05) is 0 Å². The molecule has 0 saturated heterocycles. The van der Waals surface area contributed by atoms with Gasteiger partial charge in [0, 0.05) is 12.1 Å². The van der Waals surface area contributed by atoms with E-state index in [4.69, 9.17) is 4.74 Å². The summed E-state index contributed by atoms with van der Waals surface area (Å²) in [4.78, 5) is 23.2. The van der Waals surface area contributed by atoms with E-state index in [2.05, 4.69) is 15.0 Å². The Kier molecular flexibility index (Phi) is 4.73. The molecule has 0 spiro atoms. The minimum atomic E-state index is -0.923. The van der Waals surface area contributed by atoms with E-state index < -0.39 is 29.1 Å². The third-order valence-corrected chi connectivity index (χ3v) is 4.90. The van der Waals surface area contributed by atoms with Crippen LogP contribution >= 0.6 is 0 Å². The third-order valence-electron chi connectivity index (χ3n) is 4.90. The number of hydrogen-bond donors (Lipinski definition) is 1. The van der Waals surface area contributed by atoms with Gasteiger partial charge in [0.1, 0.15) is 11.6 Å². The number of aromatic nitrogens is 3. The Morgan fingerprint density at radius 2 is 1.93 bits per heavy atom. The standard InChI is InChI=1S/C20H17F3N4O2/c1-10-14(3-6-17(24-10)29-2)25-20-26-19(28)18(23)16-5-4-15(27(16)20)11-7-12(21)9-13(22)8-11/h3,6-9,15H,4-5H2,1-2H3,(H,25,26,28). The van der Waals surface area contributed by atoms with Crippen LogP contribution in [0.1, 0.15) is 29.4 Å². The maximum absolute atomic E-state index is 14.5. The average Bonchev–Trinajstić information content (AvgIpc) is 3.12. The fourth-order valence-corrected chi connectivity index (χ4v) is 3.59. The number of aryl methyl sites for hydroxylation is 1. The lowest BCUT2D eigenvalue weighted by Gasteiger charge is -2.17. The minimum Gasteiger partial charge on any atom is -0.481 e. The van der Waals surface area contributed by atoms with Crippen LogP contribution in [-0.4, -0.2) is 21.6 Å². The number of methoxy groups -OCH3 is 1. The zero-order chi connectivity index (χ0) is 20.7. The molecule has 0 fully saturated rings. The van der Waals surface area contributed by atoms with Crippen molar-refractivity contribution < 1.29 is 17.9 Å². The van der Waals surface area contributed by atoms with Crippen LogP contribution in [0.15, 0.2) is 40.1 Å². The molecule has 9 heteroatoms. The fourth-order valence-electron chi connectivity index (χ4n) is 3.59. The molecule has 150 valence electrons. The molecule has 1 N–H and O–H groups in total. The van der Waals surface area contributed by atoms with Gasteiger partial charge in [-0.15, -0.1) is 0 Å². The zero-order valence-electron chi connectivity index (χ0n) is 15.7. The molecule has 1 atom stereocenters. The molecule has 4 rings (SSSR count). The smallest absolute Gasteiger partial charge is 0.288 e. The van der Waals surface area contributed by atoms with Crippen LogP contribution in [0, 0.1) is 24.4 Å².